The molecule has 3 atom stereocenters. The highest BCUT2D eigenvalue weighted by molar-refractivity contribution is 5.94. The molecule has 0 aromatic heterocycles. The Balaban J connectivity index is -0.0000000478. The molecule has 14 heteroatoms. The number of carbonyl (C=O) groups is 7. The Morgan fingerprint density at radius 3 is 1.02 bits per heavy atom. The lowest BCUT2D eigenvalue weighted by Crippen LogP contribution is -2.19. The average Bonchev–Trinajstić information content (AvgIpc) is 0.947. The highest BCUT2D eigenvalue weighted by Crippen LogP contribution is 2.22. The molecule has 14 nitrogen and oxygen atoms in total. The number of ether oxygens (including phenoxy) is 4. The molecular weight excluding hydrogens is 1380 g/mol. The molecule has 3 unspecified atom stereocenters. The molecule has 0 heterocycles. The third-order valence-corrected chi connectivity index (χ3v) is 11.6. The number of esters is 1. The SMILES string of the molecule is C.C.C.C.C.C.C.C.C=C(C)C(C)=O.C=C(C)CC.C=CC.C=CCC.C=CCC(C)=O.C=CCNC(C)=O.C=CCOC(C)=O.C=CCOCC(CC)OCC=C.C=CCOCC(O)CC.CC(=O)c1ccccc1.CC(=O)c1ccccc1.CC1CCCCC1.CCC.CCC(C)=O.CCC(O)c1ccccc1. The Morgan fingerprint density at radius 2 is 0.836 bits per heavy atom. The first-order valence-electron chi connectivity index (χ1n) is 35.6. The lowest BCUT2D eigenvalue weighted by molar-refractivity contribution is -0.139. The van der Waals surface area contributed by atoms with E-state index in [1.165, 1.54) is 70.9 Å². The van der Waals surface area contributed by atoms with Crippen LogP contribution in [0.15, 0.2) is 217 Å². The number of aliphatic hydroxyl groups is 2. The monoisotopic (exact) mass is 1550 g/mol. The largest absolute Gasteiger partial charge is 0.462 e. The normalized spacial score (nSPS) is 9.68. The van der Waals surface area contributed by atoms with Gasteiger partial charge in [0.2, 0.25) is 5.91 Å². The van der Waals surface area contributed by atoms with Gasteiger partial charge in [0, 0.05) is 44.4 Å². The van der Waals surface area contributed by atoms with Crippen LogP contribution in [-0.2, 0) is 42.9 Å². The predicted molar refractivity (Wildman–Crippen MR) is 494 cm³/mol. The first-order chi connectivity index (χ1) is 48.2. The van der Waals surface area contributed by atoms with Crippen LogP contribution in [-0.4, -0.2) is 109 Å². The summed E-state index contributed by atoms with van der Waals surface area (Å²) in [5.74, 6) is 1.49. The second kappa shape index (κ2) is 131. The van der Waals surface area contributed by atoms with E-state index in [1.54, 1.807) is 71.1 Å². The minimum atomic E-state index is -0.315. The topological polar surface area (TPSA) is 209 Å². The maximum Gasteiger partial charge on any atom is 0.302 e. The van der Waals surface area contributed by atoms with Crippen molar-refractivity contribution in [3.8, 4) is 0 Å². The van der Waals surface area contributed by atoms with Crippen LogP contribution < -0.4 is 5.32 Å². The summed E-state index contributed by atoms with van der Waals surface area (Å²) in [5.41, 5.74) is 4.43. The molecule has 1 amide bonds. The smallest absolute Gasteiger partial charge is 0.302 e. The number of benzene rings is 3. The highest BCUT2D eigenvalue weighted by atomic mass is 16.5. The molecule has 0 spiro atoms. The van der Waals surface area contributed by atoms with Gasteiger partial charge in [0.15, 0.2) is 17.3 Å². The lowest BCUT2D eigenvalue weighted by Gasteiger charge is -2.15. The van der Waals surface area contributed by atoms with Gasteiger partial charge in [-0.15, -0.1) is 52.6 Å². The summed E-state index contributed by atoms with van der Waals surface area (Å²) in [6.07, 6.45) is 27.7. The average molecular weight is 1560 g/mol. The molecule has 1 saturated carbocycles. The maximum atomic E-state index is 10.6. The summed E-state index contributed by atoms with van der Waals surface area (Å²) in [4.78, 5) is 71.1. The van der Waals surface area contributed by atoms with Gasteiger partial charge < -0.3 is 39.3 Å². The Bertz CT molecular complexity index is 2370. The molecule has 1 aliphatic rings. The van der Waals surface area contributed by atoms with Gasteiger partial charge in [0.25, 0.3) is 0 Å². The zero-order valence-electron chi connectivity index (χ0n) is 67.7. The number of allylic oxidation sites excluding steroid dienone is 5. The van der Waals surface area contributed by atoms with Crippen LogP contribution in [0, 0.1) is 5.92 Å². The van der Waals surface area contributed by atoms with Crippen molar-refractivity contribution < 1.29 is 62.7 Å². The number of rotatable bonds is 27. The third kappa shape index (κ3) is 170. The molecule has 1 fully saturated rings. The van der Waals surface area contributed by atoms with Crippen molar-refractivity contribution in [2.45, 2.75) is 293 Å². The number of amides is 1. The molecule has 110 heavy (non-hydrogen) atoms. The first kappa shape index (κ1) is 151. The number of aliphatic hydroxyl groups excluding tert-OH is 2. The standard InChI is InChI=1S/C10H18O2.C9H12O.2C8H8O.C7H14O2.C7H14.C5H9NO.C5H8O2.2C5H8O.C5H10.C4H8O.C4H8.C3H8.C3H6.8CH4/c1-4-7-11-9-10(6-3)12-8-5-2;1-2-9(10)8-6-4-3-5-7-8;2*1-7(9)8-5-3-2-4-6-8;1-3-5-9-6-7(8)4-2;1-7-5-3-2-4-6-7;1-3-4-6-5(2)7;1-3-4-7-5(2)6;1-4(2)5(3)6;1-3-4-5(2)6;1-4-5(2)3;1-3-4(2)5;1-3-4-2;2*1-3-2;;;;;;;;/h4-5,10H,1-2,6-9H2,3H3;3-7,9-10H,2H2,1H3;2*2-6H,1H3;3,7-8H,1,4-6H2,2H3;7H,2-6H2,1H3;3H,1,4H2,2H3,(H,6,7);3H,1,4H2,2H3;1H2,2-3H3;3H,1,4H2,2H3;2,4H2,1,3H3;3H2,1-2H3;3H,1,4H2,2H3;3H2,1-2H3;3H,1H2,2H3;8*1H4. The Hall–Kier alpha value is -7.85. The molecule has 3 aromatic carbocycles. The number of Topliss-reactive ketones (excluding diaryl/α,β-unsaturated/α-hetero) is 5. The van der Waals surface area contributed by atoms with E-state index in [1.807, 2.05) is 132 Å². The second-order valence-corrected chi connectivity index (χ2v) is 22.3. The van der Waals surface area contributed by atoms with E-state index in [0.29, 0.717) is 64.6 Å². The first-order valence-corrected chi connectivity index (χ1v) is 35.6. The molecule has 0 saturated heterocycles. The molecule has 1 aliphatic carbocycles. The minimum Gasteiger partial charge on any atom is -0.462 e. The number of ketones is 5. The van der Waals surface area contributed by atoms with Crippen LogP contribution in [0.25, 0.3) is 0 Å². The van der Waals surface area contributed by atoms with Gasteiger partial charge in [-0.25, -0.2) is 0 Å². The summed E-state index contributed by atoms with van der Waals surface area (Å²) < 4.78 is 20.1. The zero-order chi connectivity index (χ0) is 81.2. The van der Waals surface area contributed by atoms with E-state index in [2.05, 4.69) is 117 Å². The van der Waals surface area contributed by atoms with E-state index < -0.39 is 0 Å². The fraction of sp³-hybridized carbons (Fsp3) is 0.531. The van der Waals surface area contributed by atoms with Crippen LogP contribution in [0.4, 0.5) is 0 Å². The van der Waals surface area contributed by atoms with E-state index in [0.717, 1.165) is 54.7 Å². The maximum absolute atomic E-state index is 10.6. The molecule has 0 radical (unpaired) electrons. The van der Waals surface area contributed by atoms with Crippen molar-refractivity contribution in [3.63, 3.8) is 0 Å². The van der Waals surface area contributed by atoms with Crippen LogP contribution >= 0.6 is 0 Å². The van der Waals surface area contributed by atoms with E-state index >= 15 is 0 Å². The molecule has 3 aromatic rings. The number of nitrogens with one attached hydrogen (secondary N) is 1. The van der Waals surface area contributed by atoms with Crippen molar-refractivity contribution in [2.24, 2.45) is 5.92 Å². The number of hydrogen-bond acceptors (Lipinski definition) is 13. The Morgan fingerprint density at radius 1 is 0.491 bits per heavy atom. The van der Waals surface area contributed by atoms with Crippen molar-refractivity contribution in [1.82, 2.24) is 5.32 Å². The van der Waals surface area contributed by atoms with Gasteiger partial charge in [0.05, 0.1) is 51.3 Å². The molecule has 4 rings (SSSR count). The van der Waals surface area contributed by atoms with E-state index in [-0.39, 0.29) is 119 Å². The molecular formula is C96H179NO13. The van der Waals surface area contributed by atoms with E-state index in [4.69, 9.17) is 19.3 Å². The fourth-order valence-corrected chi connectivity index (χ4v) is 5.33. The molecule has 3 N–H and O–H groups in total. The number of carbonyl (C=O) groups excluding carboxylic acids is 7. The Kier molecular flexibility index (Phi) is 179. The minimum absolute atomic E-state index is 0. The zero-order valence-corrected chi connectivity index (χ0v) is 67.7. The van der Waals surface area contributed by atoms with Crippen molar-refractivity contribution >= 4 is 40.8 Å². The summed E-state index contributed by atoms with van der Waals surface area (Å²) in [6.45, 7) is 73.1. The molecule has 646 valence electrons. The Labute approximate surface area is 683 Å². The molecule has 0 bridgehead atoms. The predicted octanol–water partition coefficient (Wildman–Crippen LogP) is 27.2. The summed E-state index contributed by atoms with van der Waals surface area (Å²) in [6, 6.07) is 28.2. The number of hydrogen-bond donors (Lipinski definition) is 3. The van der Waals surface area contributed by atoms with Gasteiger partial charge in [-0.3, -0.25) is 28.8 Å². The van der Waals surface area contributed by atoms with Crippen LogP contribution in [0.5, 0.6) is 0 Å². The van der Waals surface area contributed by atoms with Gasteiger partial charge in [-0.05, 0) is 105 Å². The van der Waals surface area contributed by atoms with Crippen molar-refractivity contribution in [1.29, 1.82) is 0 Å². The second-order valence-electron chi connectivity index (χ2n) is 22.3. The van der Waals surface area contributed by atoms with Gasteiger partial charge in [-0.1, -0.05) is 319 Å². The summed E-state index contributed by atoms with van der Waals surface area (Å²) in [7, 11) is 0. The highest BCUT2D eigenvalue weighted by Gasteiger charge is 2.07. The van der Waals surface area contributed by atoms with Crippen LogP contribution in [0.2, 0.25) is 0 Å². The summed E-state index contributed by atoms with van der Waals surface area (Å²) >= 11 is 0. The van der Waals surface area contributed by atoms with Gasteiger partial charge in [0.1, 0.15) is 18.2 Å². The summed E-state index contributed by atoms with van der Waals surface area (Å²) in [5, 5.41) is 20.8. The van der Waals surface area contributed by atoms with Crippen molar-refractivity contribution in [3.05, 3.63) is 233 Å². The fourth-order valence-electron chi connectivity index (χ4n) is 5.33. The molecule has 0 aliphatic heterocycles. The van der Waals surface area contributed by atoms with Gasteiger partial charge >= 0.3 is 5.97 Å². The van der Waals surface area contributed by atoms with Gasteiger partial charge in [-0.2, -0.15) is 0 Å². The van der Waals surface area contributed by atoms with Crippen molar-refractivity contribution in [2.75, 3.05) is 46.2 Å². The van der Waals surface area contributed by atoms with E-state index in [9.17, 15) is 38.7 Å². The lowest BCUT2D eigenvalue weighted by atomic mass is 9.91. The quantitative estimate of drug-likeness (QED) is 0.0214. The van der Waals surface area contributed by atoms with Crippen LogP contribution in [0.3, 0.4) is 0 Å². The van der Waals surface area contributed by atoms with Crippen LogP contribution in [0.1, 0.15) is 307 Å². The third-order valence-electron chi connectivity index (χ3n) is 11.6.